The number of carbonyl (C=O) groups is 2. The van der Waals surface area contributed by atoms with Gasteiger partial charge in [0.25, 0.3) is 11.8 Å². The lowest BCUT2D eigenvalue weighted by Gasteiger charge is -2.23. The molecule has 1 aliphatic heterocycles. The number of pyridine rings is 1. The Balaban J connectivity index is 1.45. The number of hydrogen-bond acceptors (Lipinski definition) is 5. The molecule has 7 heteroatoms. The van der Waals surface area contributed by atoms with Gasteiger partial charge in [0.05, 0.1) is 11.3 Å². The van der Waals surface area contributed by atoms with E-state index in [9.17, 15) is 9.59 Å². The highest BCUT2D eigenvalue weighted by Crippen LogP contribution is 2.32. The first-order valence-electron chi connectivity index (χ1n) is 8.24. The van der Waals surface area contributed by atoms with Crippen LogP contribution in [0.4, 0.5) is 17.2 Å². The second-order valence-corrected chi connectivity index (χ2v) is 6.27. The Bertz CT molecular complexity index is 831. The SMILES string of the molecule is C[C@@H]1Oc2ccc(NC(=O)c3ccc(NC4CC4)nc3)cc2NC1=O. The number of nitrogens with one attached hydrogen (secondary N) is 3. The molecule has 128 valence electrons. The third kappa shape index (κ3) is 3.40. The maximum absolute atomic E-state index is 12.4. The van der Waals surface area contributed by atoms with E-state index >= 15 is 0 Å². The van der Waals surface area contributed by atoms with Crippen LogP contribution in [-0.4, -0.2) is 28.9 Å². The molecule has 1 aliphatic carbocycles. The number of rotatable bonds is 4. The van der Waals surface area contributed by atoms with E-state index in [4.69, 9.17) is 4.74 Å². The highest BCUT2D eigenvalue weighted by Gasteiger charge is 2.24. The number of ether oxygens (including phenoxy) is 1. The molecule has 1 atom stereocenters. The topological polar surface area (TPSA) is 92.3 Å². The van der Waals surface area contributed by atoms with Crippen LogP contribution in [0.2, 0.25) is 0 Å². The number of carbonyl (C=O) groups excluding carboxylic acids is 2. The van der Waals surface area contributed by atoms with Crippen molar-refractivity contribution in [1.29, 1.82) is 0 Å². The lowest BCUT2D eigenvalue weighted by Crippen LogP contribution is -2.34. The molecule has 1 fully saturated rings. The summed E-state index contributed by atoms with van der Waals surface area (Å²) in [5.41, 5.74) is 1.58. The lowest BCUT2D eigenvalue weighted by atomic mass is 10.2. The monoisotopic (exact) mass is 338 g/mol. The van der Waals surface area contributed by atoms with Crippen LogP contribution in [0.1, 0.15) is 30.1 Å². The second-order valence-electron chi connectivity index (χ2n) is 6.27. The van der Waals surface area contributed by atoms with Crippen molar-refractivity contribution in [3.05, 3.63) is 42.1 Å². The number of benzene rings is 1. The third-order valence-corrected chi connectivity index (χ3v) is 4.12. The summed E-state index contributed by atoms with van der Waals surface area (Å²) in [6, 6.07) is 9.18. The Morgan fingerprint density at radius 3 is 2.84 bits per heavy atom. The molecule has 1 aromatic carbocycles. The van der Waals surface area contributed by atoms with Crippen molar-refractivity contribution in [2.75, 3.05) is 16.0 Å². The second kappa shape index (κ2) is 6.08. The van der Waals surface area contributed by atoms with Crippen molar-refractivity contribution >= 4 is 29.0 Å². The average Bonchev–Trinajstić information content (AvgIpc) is 3.41. The molecule has 1 saturated carbocycles. The summed E-state index contributed by atoms with van der Waals surface area (Å²) >= 11 is 0. The van der Waals surface area contributed by atoms with E-state index in [1.54, 1.807) is 43.5 Å². The van der Waals surface area contributed by atoms with Crippen LogP contribution < -0.4 is 20.7 Å². The fourth-order valence-electron chi connectivity index (χ4n) is 2.54. The van der Waals surface area contributed by atoms with Crippen LogP contribution in [0.5, 0.6) is 5.75 Å². The van der Waals surface area contributed by atoms with Gasteiger partial charge < -0.3 is 20.7 Å². The minimum Gasteiger partial charge on any atom is -0.479 e. The minimum absolute atomic E-state index is 0.209. The van der Waals surface area contributed by atoms with Crippen molar-refractivity contribution in [1.82, 2.24) is 4.98 Å². The van der Waals surface area contributed by atoms with Gasteiger partial charge in [0.15, 0.2) is 6.10 Å². The summed E-state index contributed by atoms with van der Waals surface area (Å²) in [6.45, 7) is 1.68. The van der Waals surface area contributed by atoms with Gasteiger partial charge in [0, 0.05) is 17.9 Å². The van der Waals surface area contributed by atoms with Crippen molar-refractivity contribution in [3.8, 4) is 5.75 Å². The Morgan fingerprint density at radius 1 is 1.28 bits per heavy atom. The van der Waals surface area contributed by atoms with Crippen molar-refractivity contribution in [2.24, 2.45) is 0 Å². The molecule has 0 spiro atoms. The molecular formula is C18H18N4O3. The van der Waals surface area contributed by atoms with Gasteiger partial charge in [-0.3, -0.25) is 9.59 Å². The molecule has 7 nitrogen and oxygen atoms in total. The molecule has 2 aliphatic rings. The van der Waals surface area contributed by atoms with Crippen LogP contribution in [0, 0.1) is 0 Å². The predicted molar refractivity (Wildman–Crippen MR) is 94.0 cm³/mol. The lowest BCUT2D eigenvalue weighted by molar-refractivity contribution is -0.122. The van der Waals surface area contributed by atoms with Gasteiger partial charge in [0.1, 0.15) is 11.6 Å². The van der Waals surface area contributed by atoms with Crippen LogP contribution >= 0.6 is 0 Å². The predicted octanol–water partition coefficient (Wildman–Crippen LogP) is 2.63. The normalized spacial score (nSPS) is 18.6. The molecule has 25 heavy (non-hydrogen) atoms. The molecule has 2 heterocycles. The third-order valence-electron chi connectivity index (χ3n) is 4.12. The van der Waals surface area contributed by atoms with Gasteiger partial charge in [-0.1, -0.05) is 0 Å². The van der Waals surface area contributed by atoms with Crippen LogP contribution in [0.15, 0.2) is 36.5 Å². The maximum atomic E-state index is 12.4. The maximum Gasteiger partial charge on any atom is 0.265 e. The Hall–Kier alpha value is -3.09. The van der Waals surface area contributed by atoms with Gasteiger partial charge in [0.2, 0.25) is 0 Å². The van der Waals surface area contributed by atoms with Gasteiger partial charge in [-0.25, -0.2) is 4.98 Å². The van der Waals surface area contributed by atoms with E-state index < -0.39 is 6.10 Å². The van der Waals surface area contributed by atoms with Crippen molar-refractivity contribution < 1.29 is 14.3 Å². The van der Waals surface area contributed by atoms with E-state index in [1.165, 1.54) is 12.8 Å². The highest BCUT2D eigenvalue weighted by molar-refractivity contribution is 6.05. The first-order valence-corrected chi connectivity index (χ1v) is 8.24. The fourth-order valence-corrected chi connectivity index (χ4v) is 2.54. The van der Waals surface area contributed by atoms with E-state index in [1.807, 2.05) is 0 Å². The Kier molecular flexibility index (Phi) is 3.76. The molecule has 2 aromatic rings. The molecule has 3 N–H and O–H groups in total. The van der Waals surface area contributed by atoms with Crippen molar-refractivity contribution in [3.63, 3.8) is 0 Å². The molecule has 0 saturated heterocycles. The summed E-state index contributed by atoms with van der Waals surface area (Å²) in [5, 5.41) is 8.84. The van der Waals surface area contributed by atoms with Crippen LogP contribution in [0.25, 0.3) is 0 Å². The minimum atomic E-state index is -0.526. The van der Waals surface area contributed by atoms with E-state index in [0.29, 0.717) is 28.7 Å². The average molecular weight is 338 g/mol. The fraction of sp³-hybridized carbons (Fsp3) is 0.278. The molecule has 4 rings (SSSR count). The summed E-state index contributed by atoms with van der Waals surface area (Å²) in [5.74, 6) is 0.893. The summed E-state index contributed by atoms with van der Waals surface area (Å²) in [7, 11) is 0. The molecule has 0 radical (unpaired) electrons. The quantitative estimate of drug-likeness (QED) is 0.797. The largest absolute Gasteiger partial charge is 0.479 e. The summed E-state index contributed by atoms with van der Waals surface area (Å²) in [4.78, 5) is 28.3. The van der Waals surface area contributed by atoms with E-state index in [2.05, 4.69) is 20.9 Å². The number of aromatic nitrogens is 1. The summed E-state index contributed by atoms with van der Waals surface area (Å²) in [6.07, 6.45) is 3.36. The van der Waals surface area contributed by atoms with Crippen LogP contribution in [0.3, 0.4) is 0 Å². The standard InChI is InChI=1S/C18H18N4O3/c1-10-17(23)22-14-8-13(5-6-15(14)25-10)21-18(24)11-2-7-16(19-9-11)20-12-3-4-12/h2,5-10,12H,3-4H2,1H3,(H,19,20)(H,21,24)(H,22,23)/t10-/m0/s1. The molecule has 2 amide bonds. The highest BCUT2D eigenvalue weighted by atomic mass is 16.5. The first kappa shape index (κ1) is 15.4. The number of anilines is 3. The number of amides is 2. The molecule has 0 unspecified atom stereocenters. The van der Waals surface area contributed by atoms with Crippen LogP contribution in [-0.2, 0) is 4.79 Å². The number of nitrogens with zero attached hydrogens (tertiary/aromatic N) is 1. The molecular weight excluding hydrogens is 320 g/mol. The van der Waals surface area contributed by atoms with Gasteiger partial charge >= 0.3 is 0 Å². The molecule has 1 aromatic heterocycles. The first-order chi connectivity index (χ1) is 12.1. The van der Waals surface area contributed by atoms with Gasteiger partial charge in [-0.05, 0) is 50.1 Å². The number of fused-ring (bicyclic) bond motifs is 1. The zero-order valence-corrected chi connectivity index (χ0v) is 13.7. The zero-order chi connectivity index (χ0) is 17.4. The Morgan fingerprint density at radius 2 is 2.12 bits per heavy atom. The van der Waals surface area contributed by atoms with Crippen molar-refractivity contribution in [2.45, 2.75) is 31.9 Å². The Labute approximate surface area is 144 Å². The smallest absolute Gasteiger partial charge is 0.265 e. The van der Waals surface area contributed by atoms with Gasteiger partial charge in [-0.2, -0.15) is 0 Å². The number of hydrogen-bond donors (Lipinski definition) is 3. The van der Waals surface area contributed by atoms with E-state index in [0.717, 1.165) is 5.82 Å². The molecule has 0 bridgehead atoms. The summed E-state index contributed by atoms with van der Waals surface area (Å²) < 4.78 is 5.50. The van der Waals surface area contributed by atoms with E-state index in [-0.39, 0.29) is 11.8 Å². The van der Waals surface area contributed by atoms with Gasteiger partial charge in [-0.15, -0.1) is 0 Å². The zero-order valence-electron chi connectivity index (χ0n) is 13.7.